The minimum Gasteiger partial charge on any atom is -0.396 e. The molecule has 1 N–H and O–H groups in total. The quantitative estimate of drug-likeness (QED) is 0.794. The monoisotopic (exact) mass is 225 g/mol. The maximum Gasteiger partial charge on any atom is 0.0493 e. The molecule has 1 aliphatic carbocycles. The summed E-state index contributed by atoms with van der Waals surface area (Å²) < 4.78 is 0. The first-order valence-electron chi connectivity index (χ1n) is 7.02. The van der Waals surface area contributed by atoms with Crippen molar-refractivity contribution in [3.05, 3.63) is 0 Å². The Bertz CT molecular complexity index is 221. The van der Waals surface area contributed by atoms with Crippen LogP contribution in [0.25, 0.3) is 0 Å². The Labute approximate surface area is 100 Å². The van der Waals surface area contributed by atoms with Crippen molar-refractivity contribution in [3.8, 4) is 0 Å². The van der Waals surface area contributed by atoms with E-state index >= 15 is 0 Å². The summed E-state index contributed by atoms with van der Waals surface area (Å²) in [6.45, 7) is 8.73. The molecule has 2 heteroatoms. The van der Waals surface area contributed by atoms with Crippen LogP contribution in [0, 0.1) is 17.3 Å². The van der Waals surface area contributed by atoms with Crippen molar-refractivity contribution in [1.82, 2.24) is 4.90 Å². The van der Waals surface area contributed by atoms with Crippen LogP contribution in [0.1, 0.15) is 46.0 Å². The highest BCUT2D eigenvalue weighted by atomic mass is 16.3. The van der Waals surface area contributed by atoms with E-state index in [1.807, 2.05) is 0 Å². The zero-order valence-electron chi connectivity index (χ0n) is 10.9. The Balaban J connectivity index is 1.82. The SMILES string of the molecule is CC(C)C1(CO)CC1CN1CCCCCC1. The molecular formula is C14H27NO. The molecule has 1 aliphatic heterocycles. The summed E-state index contributed by atoms with van der Waals surface area (Å²) in [7, 11) is 0. The van der Waals surface area contributed by atoms with E-state index in [-0.39, 0.29) is 5.41 Å². The predicted molar refractivity (Wildman–Crippen MR) is 67.4 cm³/mol. The van der Waals surface area contributed by atoms with Crippen LogP contribution in [0.2, 0.25) is 0 Å². The van der Waals surface area contributed by atoms with Gasteiger partial charge >= 0.3 is 0 Å². The summed E-state index contributed by atoms with van der Waals surface area (Å²) in [5, 5.41) is 9.56. The van der Waals surface area contributed by atoms with Crippen molar-refractivity contribution in [2.24, 2.45) is 17.3 Å². The topological polar surface area (TPSA) is 23.5 Å². The first-order valence-corrected chi connectivity index (χ1v) is 7.02. The van der Waals surface area contributed by atoms with Crippen molar-refractivity contribution < 1.29 is 5.11 Å². The van der Waals surface area contributed by atoms with Gasteiger partial charge in [0.05, 0.1) is 0 Å². The van der Waals surface area contributed by atoms with E-state index in [1.165, 1.54) is 51.7 Å². The van der Waals surface area contributed by atoms with Crippen molar-refractivity contribution in [2.75, 3.05) is 26.2 Å². The first-order chi connectivity index (χ1) is 7.69. The van der Waals surface area contributed by atoms with Gasteiger partial charge in [0, 0.05) is 18.6 Å². The molecule has 2 unspecified atom stereocenters. The third-order valence-electron chi connectivity index (χ3n) is 4.90. The molecule has 0 aromatic carbocycles. The standard InChI is InChI=1S/C14H27NO/c1-12(2)14(11-16)9-13(14)10-15-7-5-3-4-6-8-15/h12-13,16H,3-11H2,1-2H3. The van der Waals surface area contributed by atoms with Crippen LogP contribution < -0.4 is 0 Å². The number of hydrogen-bond acceptors (Lipinski definition) is 2. The maximum absolute atomic E-state index is 9.56. The van der Waals surface area contributed by atoms with Crippen LogP contribution in [0.5, 0.6) is 0 Å². The van der Waals surface area contributed by atoms with Gasteiger partial charge in [0.1, 0.15) is 0 Å². The van der Waals surface area contributed by atoms with Gasteiger partial charge in [0.25, 0.3) is 0 Å². The zero-order valence-corrected chi connectivity index (χ0v) is 10.9. The molecule has 2 nitrogen and oxygen atoms in total. The average Bonchev–Trinajstić information content (AvgIpc) is 3.00. The molecule has 0 aromatic heterocycles. The third-order valence-corrected chi connectivity index (χ3v) is 4.90. The van der Waals surface area contributed by atoms with E-state index in [1.54, 1.807) is 0 Å². The van der Waals surface area contributed by atoms with Crippen LogP contribution in [0.3, 0.4) is 0 Å². The molecule has 0 amide bonds. The second kappa shape index (κ2) is 5.05. The number of rotatable bonds is 4. The second-order valence-electron chi connectivity index (χ2n) is 6.16. The van der Waals surface area contributed by atoms with E-state index in [9.17, 15) is 5.11 Å². The van der Waals surface area contributed by atoms with Crippen molar-refractivity contribution in [3.63, 3.8) is 0 Å². The molecule has 1 saturated heterocycles. The predicted octanol–water partition coefficient (Wildman–Crippen LogP) is 2.52. The highest BCUT2D eigenvalue weighted by molar-refractivity contribution is 5.04. The summed E-state index contributed by atoms with van der Waals surface area (Å²) in [5.41, 5.74) is 0.270. The normalized spacial score (nSPS) is 36.4. The van der Waals surface area contributed by atoms with Gasteiger partial charge in [0.2, 0.25) is 0 Å². The maximum atomic E-state index is 9.56. The molecule has 0 radical (unpaired) electrons. The molecule has 0 bridgehead atoms. The van der Waals surface area contributed by atoms with Gasteiger partial charge in [-0.25, -0.2) is 0 Å². The highest BCUT2D eigenvalue weighted by Crippen LogP contribution is 2.57. The minimum absolute atomic E-state index is 0.270. The zero-order chi connectivity index (χ0) is 11.6. The number of aliphatic hydroxyl groups excluding tert-OH is 1. The summed E-state index contributed by atoms with van der Waals surface area (Å²) in [5.74, 6) is 1.39. The fraction of sp³-hybridized carbons (Fsp3) is 1.00. The molecule has 16 heavy (non-hydrogen) atoms. The van der Waals surface area contributed by atoms with E-state index < -0.39 is 0 Å². The van der Waals surface area contributed by atoms with Crippen LogP contribution in [0.4, 0.5) is 0 Å². The lowest BCUT2D eigenvalue weighted by Gasteiger charge is -2.24. The number of likely N-dealkylation sites (tertiary alicyclic amines) is 1. The van der Waals surface area contributed by atoms with Crippen LogP contribution in [0.15, 0.2) is 0 Å². The van der Waals surface area contributed by atoms with Gasteiger partial charge < -0.3 is 10.0 Å². The van der Waals surface area contributed by atoms with Gasteiger partial charge in [-0.05, 0) is 44.2 Å². The fourth-order valence-corrected chi connectivity index (χ4v) is 3.36. The highest BCUT2D eigenvalue weighted by Gasteiger charge is 2.55. The van der Waals surface area contributed by atoms with Crippen molar-refractivity contribution in [2.45, 2.75) is 46.0 Å². The van der Waals surface area contributed by atoms with E-state index in [4.69, 9.17) is 0 Å². The number of nitrogens with zero attached hydrogens (tertiary/aromatic N) is 1. The molecule has 1 heterocycles. The first kappa shape index (κ1) is 12.4. The van der Waals surface area contributed by atoms with E-state index in [0.717, 1.165) is 5.92 Å². The van der Waals surface area contributed by atoms with E-state index in [0.29, 0.717) is 12.5 Å². The summed E-state index contributed by atoms with van der Waals surface area (Å²) in [4.78, 5) is 2.64. The van der Waals surface area contributed by atoms with Crippen LogP contribution >= 0.6 is 0 Å². The minimum atomic E-state index is 0.270. The van der Waals surface area contributed by atoms with Gasteiger partial charge in [-0.1, -0.05) is 26.7 Å². The number of aliphatic hydroxyl groups is 1. The molecule has 0 aromatic rings. The number of hydrogen-bond donors (Lipinski definition) is 1. The molecule has 94 valence electrons. The smallest absolute Gasteiger partial charge is 0.0493 e. The Kier molecular flexibility index (Phi) is 3.91. The molecule has 2 rings (SSSR count). The Morgan fingerprint density at radius 2 is 1.81 bits per heavy atom. The Hall–Kier alpha value is -0.0800. The fourth-order valence-electron chi connectivity index (χ4n) is 3.36. The molecule has 2 atom stereocenters. The molecule has 0 spiro atoms. The molecule has 2 fully saturated rings. The molecule has 1 saturated carbocycles. The summed E-state index contributed by atoms with van der Waals surface area (Å²) in [6, 6.07) is 0. The second-order valence-corrected chi connectivity index (χ2v) is 6.16. The van der Waals surface area contributed by atoms with Gasteiger partial charge in [-0.2, -0.15) is 0 Å². The lowest BCUT2D eigenvalue weighted by atomic mass is 9.90. The summed E-state index contributed by atoms with van der Waals surface area (Å²) in [6.07, 6.45) is 6.83. The van der Waals surface area contributed by atoms with Crippen molar-refractivity contribution >= 4 is 0 Å². The van der Waals surface area contributed by atoms with Gasteiger partial charge in [-0.15, -0.1) is 0 Å². The van der Waals surface area contributed by atoms with Crippen LogP contribution in [-0.4, -0.2) is 36.2 Å². The Morgan fingerprint density at radius 3 is 2.25 bits per heavy atom. The Morgan fingerprint density at radius 1 is 1.19 bits per heavy atom. The van der Waals surface area contributed by atoms with Gasteiger partial charge in [-0.3, -0.25) is 0 Å². The van der Waals surface area contributed by atoms with Gasteiger partial charge in [0.15, 0.2) is 0 Å². The molecule has 2 aliphatic rings. The molecular weight excluding hydrogens is 198 g/mol. The third kappa shape index (κ3) is 2.43. The lowest BCUT2D eigenvalue weighted by molar-refractivity contribution is 0.142. The van der Waals surface area contributed by atoms with E-state index in [2.05, 4.69) is 18.7 Å². The van der Waals surface area contributed by atoms with Crippen LogP contribution in [-0.2, 0) is 0 Å². The average molecular weight is 225 g/mol. The lowest BCUT2D eigenvalue weighted by Crippen LogP contribution is -2.30. The largest absolute Gasteiger partial charge is 0.396 e. The van der Waals surface area contributed by atoms with Crippen molar-refractivity contribution in [1.29, 1.82) is 0 Å². The summed E-state index contributed by atoms with van der Waals surface area (Å²) >= 11 is 0.